The van der Waals surface area contributed by atoms with Gasteiger partial charge in [-0.25, -0.2) is 0 Å². The van der Waals surface area contributed by atoms with Crippen molar-refractivity contribution in [3.63, 3.8) is 0 Å². The Balaban J connectivity index is 0.00000243. The van der Waals surface area contributed by atoms with Crippen molar-refractivity contribution in [1.29, 1.82) is 0 Å². The first-order chi connectivity index (χ1) is 12.2. The molecule has 7 heteroatoms. The van der Waals surface area contributed by atoms with Gasteiger partial charge >= 0.3 is 0 Å². The minimum atomic E-state index is 0. The van der Waals surface area contributed by atoms with Gasteiger partial charge in [0.25, 0.3) is 0 Å². The molecule has 2 heterocycles. The van der Waals surface area contributed by atoms with Crippen LogP contribution in [-0.4, -0.2) is 74.8 Å². The Morgan fingerprint density at radius 3 is 2.69 bits per heavy atom. The first-order valence-electron chi connectivity index (χ1n) is 9.21. The minimum absolute atomic E-state index is 0. The monoisotopic (exact) mass is 383 g/mol. The summed E-state index contributed by atoms with van der Waals surface area (Å²) in [7, 11) is 1.99. The zero-order valence-electron chi connectivity index (χ0n) is 15.5. The molecular weight excluding hydrogens is 354 g/mol. The fourth-order valence-electron chi connectivity index (χ4n) is 3.27. The van der Waals surface area contributed by atoms with E-state index in [1.54, 1.807) is 0 Å². The van der Waals surface area contributed by atoms with Crippen molar-refractivity contribution < 1.29 is 14.3 Å². The predicted octanol–water partition coefficient (Wildman–Crippen LogP) is 1.53. The largest absolute Gasteiger partial charge is 0.491 e. The number of benzene rings is 1. The average Bonchev–Trinajstić information content (AvgIpc) is 3.15. The van der Waals surface area contributed by atoms with Gasteiger partial charge in [-0.2, -0.15) is 0 Å². The fraction of sp³-hybridized carbons (Fsp3) is 0.632. The number of halogens is 1. The molecule has 2 saturated heterocycles. The summed E-state index contributed by atoms with van der Waals surface area (Å²) >= 11 is 0. The first kappa shape index (κ1) is 21.0. The van der Waals surface area contributed by atoms with Crippen LogP contribution in [-0.2, 0) is 16.1 Å². The SMILES string of the molecule is CN(CC(=O)N1CCNCC1)Cc1ccc(OCC2CCCO2)cc1.Cl. The number of carbonyl (C=O) groups excluding carboxylic acids is 1. The Kier molecular flexibility index (Phi) is 8.65. The minimum Gasteiger partial charge on any atom is -0.491 e. The van der Waals surface area contributed by atoms with Crippen LogP contribution in [0.3, 0.4) is 0 Å². The number of ether oxygens (including phenoxy) is 2. The number of piperazine rings is 1. The molecule has 0 radical (unpaired) electrons. The second-order valence-corrected chi connectivity index (χ2v) is 6.89. The number of carbonyl (C=O) groups is 1. The second kappa shape index (κ2) is 10.7. The summed E-state index contributed by atoms with van der Waals surface area (Å²) in [6.45, 7) is 6.09. The molecule has 6 nitrogen and oxygen atoms in total. The molecule has 0 bridgehead atoms. The third-order valence-corrected chi connectivity index (χ3v) is 4.71. The van der Waals surface area contributed by atoms with E-state index < -0.39 is 0 Å². The molecule has 1 aromatic carbocycles. The van der Waals surface area contributed by atoms with E-state index in [0.29, 0.717) is 13.2 Å². The van der Waals surface area contributed by atoms with Crippen molar-refractivity contribution >= 4 is 18.3 Å². The molecule has 3 rings (SSSR count). The maximum Gasteiger partial charge on any atom is 0.236 e. The summed E-state index contributed by atoms with van der Waals surface area (Å²) in [5.74, 6) is 1.08. The fourth-order valence-corrected chi connectivity index (χ4v) is 3.27. The van der Waals surface area contributed by atoms with Crippen molar-refractivity contribution in [2.24, 2.45) is 0 Å². The molecule has 1 aromatic rings. The number of likely N-dealkylation sites (N-methyl/N-ethyl adjacent to an activating group) is 1. The molecule has 2 fully saturated rings. The van der Waals surface area contributed by atoms with Gasteiger partial charge < -0.3 is 19.7 Å². The summed E-state index contributed by atoms with van der Waals surface area (Å²) in [6, 6.07) is 8.12. The van der Waals surface area contributed by atoms with Gasteiger partial charge in [-0.15, -0.1) is 12.4 Å². The summed E-state index contributed by atoms with van der Waals surface area (Å²) < 4.78 is 11.4. The molecule has 1 unspecified atom stereocenters. The van der Waals surface area contributed by atoms with E-state index in [-0.39, 0.29) is 24.4 Å². The lowest BCUT2D eigenvalue weighted by molar-refractivity contribution is -0.132. The van der Waals surface area contributed by atoms with Crippen molar-refractivity contribution in [3.05, 3.63) is 29.8 Å². The molecule has 0 saturated carbocycles. The van der Waals surface area contributed by atoms with Gasteiger partial charge in [-0.3, -0.25) is 9.69 Å². The van der Waals surface area contributed by atoms with Crippen LogP contribution in [0.2, 0.25) is 0 Å². The van der Waals surface area contributed by atoms with Crippen molar-refractivity contribution in [1.82, 2.24) is 15.1 Å². The number of nitrogens with zero attached hydrogens (tertiary/aromatic N) is 2. The maximum absolute atomic E-state index is 12.3. The first-order valence-corrected chi connectivity index (χ1v) is 9.21. The van der Waals surface area contributed by atoms with E-state index in [1.807, 2.05) is 24.1 Å². The molecule has 1 N–H and O–H groups in total. The van der Waals surface area contributed by atoms with Crippen LogP contribution < -0.4 is 10.1 Å². The number of amides is 1. The van der Waals surface area contributed by atoms with Gasteiger partial charge in [0, 0.05) is 39.3 Å². The second-order valence-electron chi connectivity index (χ2n) is 6.89. The quantitative estimate of drug-likeness (QED) is 0.773. The zero-order valence-corrected chi connectivity index (χ0v) is 16.3. The molecule has 2 aliphatic heterocycles. The van der Waals surface area contributed by atoms with E-state index in [9.17, 15) is 4.79 Å². The molecular formula is C19H30ClN3O3. The van der Waals surface area contributed by atoms with Gasteiger partial charge in [0.1, 0.15) is 12.4 Å². The van der Waals surface area contributed by atoms with Crippen LogP contribution in [0.25, 0.3) is 0 Å². The van der Waals surface area contributed by atoms with Crippen LogP contribution in [0.4, 0.5) is 0 Å². The number of rotatable bonds is 7. The number of nitrogens with one attached hydrogen (secondary N) is 1. The third kappa shape index (κ3) is 6.43. The van der Waals surface area contributed by atoms with Crippen LogP contribution >= 0.6 is 12.4 Å². The van der Waals surface area contributed by atoms with Crippen molar-refractivity contribution in [2.45, 2.75) is 25.5 Å². The highest BCUT2D eigenvalue weighted by Gasteiger charge is 2.18. The average molecular weight is 384 g/mol. The molecule has 0 spiro atoms. The van der Waals surface area contributed by atoms with Gasteiger partial charge in [-0.05, 0) is 37.6 Å². The highest BCUT2D eigenvalue weighted by molar-refractivity contribution is 5.85. The molecule has 0 aromatic heterocycles. The Hall–Kier alpha value is -1.34. The summed E-state index contributed by atoms with van der Waals surface area (Å²) in [4.78, 5) is 16.3. The van der Waals surface area contributed by atoms with Crippen molar-refractivity contribution in [3.8, 4) is 5.75 Å². The molecule has 0 aliphatic carbocycles. The highest BCUT2D eigenvalue weighted by Crippen LogP contribution is 2.17. The molecule has 26 heavy (non-hydrogen) atoms. The van der Waals surface area contributed by atoms with E-state index in [4.69, 9.17) is 9.47 Å². The van der Waals surface area contributed by atoms with E-state index in [0.717, 1.165) is 57.9 Å². The van der Waals surface area contributed by atoms with Crippen LogP contribution in [0, 0.1) is 0 Å². The molecule has 2 aliphatic rings. The Morgan fingerprint density at radius 1 is 1.31 bits per heavy atom. The Morgan fingerprint density at radius 2 is 2.04 bits per heavy atom. The summed E-state index contributed by atoms with van der Waals surface area (Å²) in [5.41, 5.74) is 1.18. The highest BCUT2D eigenvalue weighted by atomic mass is 35.5. The van der Waals surface area contributed by atoms with Gasteiger partial charge in [0.15, 0.2) is 0 Å². The Labute approximate surface area is 162 Å². The lowest BCUT2D eigenvalue weighted by Crippen LogP contribution is -2.49. The van der Waals surface area contributed by atoms with Gasteiger partial charge in [0.05, 0.1) is 12.6 Å². The normalized spacial score (nSPS) is 20.1. The smallest absolute Gasteiger partial charge is 0.236 e. The lowest BCUT2D eigenvalue weighted by Gasteiger charge is -2.29. The lowest BCUT2D eigenvalue weighted by atomic mass is 10.2. The van der Waals surface area contributed by atoms with Crippen LogP contribution in [0.5, 0.6) is 5.75 Å². The van der Waals surface area contributed by atoms with Crippen LogP contribution in [0.15, 0.2) is 24.3 Å². The number of hydrogen-bond acceptors (Lipinski definition) is 5. The van der Waals surface area contributed by atoms with Gasteiger partial charge in [0.2, 0.25) is 5.91 Å². The van der Waals surface area contributed by atoms with Crippen molar-refractivity contribution in [2.75, 3.05) is 53.0 Å². The van der Waals surface area contributed by atoms with Crippen LogP contribution in [0.1, 0.15) is 18.4 Å². The topological polar surface area (TPSA) is 54.0 Å². The number of hydrogen-bond donors (Lipinski definition) is 1. The summed E-state index contributed by atoms with van der Waals surface area (Å²) in [5, 5.41) is 3.27. The molecule has 146 valence electrons. The van der Waals surface area contributed by atoms with E-state index in [1.165, 1.54) is 5.56 Å². The third-order valence-electron chi connectivity index (χ3n) is 4.71. The predicted molar refractivity (Wildman–Crippen MR) is 104 cm³/mol. The van der Waals surface area contributed by atoms with E-state index >= 15 is 0 Å². The zero-order chi connectivity index (χ0) is 17.5. The van der Waals surface area contributed by atoms with Gasteiger partial charge in [-0.1, -0.05) is 12.1 Å². The Bertz CT molecular complexity index is 543. The molecule has 1 amide bonds. The summed E-state index contributed by atoms with van der Waals surface area (Å²) in [6.07, 6.45) is 2.46. The standard InChI is InChI=1S/C19H29N3O3.ClH/c1-21(14-19(23)22-10-8-20-9-11-22)13-16-4-6-17(7-5-16)25-15-18-3-2-12-24-18;/h4-7,18,20H,2-3,8-15H2,1H3;1H. The van der Waals surface area contributed by atoms with E-state index in [2.05, 4.69) is 22.3 Å². The molecule has 1 atom stereocenters. The maximum atomic E-state index is 12.3.